The first kappa shape index (κ1) is 23.4. The van der Waals surface area contributed by atoms with Crippen LogP contribution in [0.4, 0.5) is 0 Å². The number of aryl methyl sites for hydroxylation is 1. The number of benzene rings is 1. The Bertz CT molecular complexity index is 1460. The van der Waals surface area contributed by atoms with E-state index in [-0.39, 0.29) is 5.88 Å². The van der Waals surface area contributed by atoms with Crippen LogP contribution in [0.1, 0.15) is 72.3 Å². The molecule has 1 N–H and O–H groups in total. The predicted molar refractivity (Wildman–Crippen MR) is 133 cm³/mol. The second-order valence-electron chi connectivity index (χ2n) is 9.46. The number of nitriles is 1. The summed E-state index contributed by atoms with van der Waals surface area (Å²) in [4.78, 5) is 17.2. The van der Waals surface area contributed by atoms with Gasteiger partial charge < -0.3 is 9.30 Å². The van der Waals surface area contributed by atoms with Gasteiger partial charge in [0.1, 0.15) is 11.6 Å². The van der Waals surface area contributed by atoms with Gasteiger partial charge in [-0.15, -0.1) is 0 Å². The number of pyridine rings is 1. The minimum atomic E-state index is -3.63. The molecule has 0 bridgehead atoms. The maximum absolute atomic E-state index is 12.8. The highest BCUT2D eigenvalue weighted by molar-refractivity contribution is 7.91. The number of carbonyl (C=O) groups excluding carboxylic acids is 1. The van der Waals surface area contributed by atoms with Crippen molar-refractivity contribution in [1.82, 2.24) is 14.3 Å². The van der Waals surface area contributed by atoms with Gasteiger partial charge in [-0.3, -0.25) is 4.79 Å². The number of rotatable bonds is 6. The van der Waals surface area contributed by atoms with Gasteiger partial charge in [-0.1, -0.05) is 25.3 Å². The summed E-state index contributed by atoms with van der Waals surface area (Å²) in [5.41, 5.74) is 4.46. The zero-order valence-corrected chi connectivity index (χ0v) is 20.7. The minimum absolute atomic E-state index is 0.282. The summed E-state index contributed by atoms with van der Waals surface area (Å²) < 4.78 is 34.1. The average Bonchev–Trinajstić information content (AvgIpc) is 3.69. The highest BCUT2D eigenvalue weighted by atomic mass is 32.2. The molecular formula is C26H28N4O4S. The molecule has 0 spiro atoms. The van der Waals surface area contributed by atoms with Gasteiger partial charge in [0, 0.05) is 35.3 Å². The zero-order valence-electron chi connectivity index (χ0n) is 19.9. The van der Waals surface area contributed by atoms with Gasteiger partial charge in [0.2, 0.25) is 15.9 Å². The first-order chi connectivity index (χ1) is 16.8. The van der Waals surface area contributed by atoms with Crippen molar-refractivity contribution < 1.29 is 17.9 Å². The second-order valence-corrected chi connectivity index (χ2v) is 11.4. The lowest BCUT2D eigenvalue weighted by Gasteiger charge is -2.23. The van der Waals surface area contributed by atoms with Crippen molar-refractivity contribution in [3.05, 3.63) is 47.2 Å². The maximum Gasteiger partial charge on any atom is 0.264 e. The number of hydrogen-bond donors (Lipinski definition) is 1. The van der Waals surface area contributed by atoms with Crippen LogP contribution in [0, 0.1) is 11.3 Å². The molecule has 2 fully saturated rings. The van der Waals surface area contributed by atoms with E-state index in [1.54, 1.807) is 24.4 Å². The number of methoxy groups -OCH3 is 1. The first-order valence-electron chi connectivity index (χ1n) is 12.0. The van der Waals surface area contributed by atoms with Gasteiger partial charge >= 0.3 is 0 Å². The number of sulfonamides is 1. The van der Waals surface area contributed by atoms with Crippen molar-refractivity contribution in [1.29, 1.82) is 5.26 Å². The summed E-state index contributed by atoms with van der Waals surface area (Å²) in [5.74, 6) is 0.0220. The van der Waals surface area contributed by atoms with Crippen LogP contribution in [0.2, 0.25) is 0 Å². The fourth-order valence-electron chi connectivity index (χ4n) is 5.23. The fraction of sp³-hybridized carbons (Fsp3) is 0.423. The standard InChI is InChI=1S/C26H28N4O4S/c1-30-22-13-17(25(31)29-35(32,33)20-9-10-20)8-11-21(22)23(16-6-4-3-5-7-16)24(30)19-12-18(14-27)26(34-2)28-15-19/h8,11-13,15-16,20H,3-7,9-10H2,1-2H3,(H,29,31). The lowest BCUT2D eigenvalue weighted by molar-refractivity contribution is 0.0981. The Morgan fingerprint density at radius 1 is 1.17 bits per heavy atom. The van der Waals surface area contributed by atoms with Gasteiger partial charge in [-0.2, -0.15) is 5.26 Å². The Hall–Kier alpha value is -3.38. The molecule has 0 atom stereocenters. The SMILES string of the molecule is COc1ncc(-c2c(C3CCCCC3)c3ccc(C(=O)NS(=O)(=O)C4CC4)cc3n2C)cc1C#N. The Balaban J connectivity index is 1.65. The average molecular weight is 493 g/mol. The number of ether oxygens (including phenoxy) is 1. The van der Waals surface area contributed by atoms with Gasteiger partial charge in [0.15, 0.2) is 0 Å². The number of hydrogen-bond acceptors (Lipinski definition) is 6. The van der Waals surface area contributed by atoms with Crippen LogP contribution in [0.25, 0.3) is 22.2 Å². The Kier molecular flexibility index (Phi) is 6.01. The molecule has 0 saturated heterocycles. The Morgan fingerprint density at radius 3 is 2.57 bits per heavy atom. The quantitative estimate of drug-likeness (QED) is 0.546. The number of nitrogens with one attached hydrogen (secondary N) is 1. The molecule has 0 unspecified atom stereocenters. The summed E-state index contributed by atoms with van der Waals surface area (Å²) in [7, 11) is -0.210. The summed E-state index contributed by atoms with van der Waals surface area (Å²) >= 11 is 0. The first-order valence-corrected chi connectivity index (χ1v) is 13.5. The highest BCUT2D eigenvalue weighted by Gasteiger charge is 2.37. The number of nitrogens with zero attached hydrogens (tertiary/aromatic N) is 3. The largest absolute Gasteiger partial charge is 0.480 e. The monoisotopic (exact) mass is 492 g/mol. The smallest absolute Gasteiger partial charge is 0.264 e. The summed E-state index contributed by atoms with van der Waals surface area (Å²) in [6, 6.07) is 9.33. The van der Waals surface area contributed by atoms with Crippen molar-refractivity contribution in [2.24, 2.45) is 7.05 Å². The van der Waals surface area contributed by atoms with Crippen LogP contribution in [-0.4, -0.2) is 36.2 Å². The lowest BCUT2D eigenvalue weighted by Crippen LogP contribution is -2.33. The van der Waals surface area contributed by atoms with E-state index in [1.807, 2.05) is 17.7 Å². The molecule has 2 aliphatic carbocycles. The maximum atomic E-state index is 12.8. The molecule has 5 rings (SSSR count). The van der Waals surface area contributed by atoms with Crippen LogP contribution in [0.15, 0.2) is 30.5 Å². The van der Waals surface area contributed by atoms with Crippen LogP contribution < -0.4 is 9.46 Å². The van der Waals surface area contributed by atoms with Crippen LogP contribution >= 0.6 is 0 Å². The second kappa shape index (κ2) is 9.00. The topological polar surface area (TPSA) is 114 Å². The van der Waals surface area contributed by atoms with Crippen LogP contribution in [0.5, 0.6) is 5.88 Å². The molecule has 2 heterocycles. The van der Waals surface area contributed by atoms with Gasteiger partial charge in [0.25, 0.3) is 5.91 Å². The van der Waals surface area contributed by atoms with E-state index >= 15 is 0 Å². The molecule has 182 valence electrons. The fourth-order valence-corrected chi connectivity index (χ4v) is 6.53. The number of amides is 1. The van der Waals surface area contributed by atoms with Gasteiger partial charge in [0.05, 0.1) is 18.1 Å². The molecule has 0 radical (unpaired) electrons. The van der Waals surface area contributed by atoms with Crippen molar-refractivity contribution in [3.63, 3.8) is 0 Å². The third-order valence-electron chi connectivity index (χ3n) is 7.15. The molecule has 35 heavy (non-hydrogen) atoms. The zero-order chi connectivity index (χ0) is 24.7. The van der Waals surface area contributed by atoms with E-state index in [4.69, 9.17) is 4.74 Å². The van der Waals surface area contributed by atoms with Crippen LogP contribution in [-0.2, 0) is 17.1 Å². The van der Waals surface area contributed by atoms with Crippen LogP contribution in [0.3, 0.4) is 0 Å². The summed E-state index contributed by atoms with van der Waals surface area (Å²) in [5, 5.41) is 10.2. The van der Waals surface area contributed by atoms with E-state index < -0.39 is 21.2 Å². The van der Waals surface area contributed by atoms with Crippen molar-refractivity contribution in [2.75, 3.05) is 7.11 Å². The predicted octanol–water partition coefficient (Wildman–Crippen LogP) is 4.39. The molecule has 2 aromatic heterocycles. The molecule has 2 aliphatic rings. The molecular weight excluding hydrogens is 464 g/mol. The molecule has 2 saturated carbocycles. The van der Waals surface area contributed by atoms with Crippen molar-refractivity contribution in [2.45, 2.75) is 56.1 Å². The molecule has 8 nitrogen and oxygen atoms in total. The molecule has 1 aromatic carbocycles. The summed E-state index contributed by atoms with van der Waals surface area (Å²) in [6.07, 6.45) is 8.58. The van der Waals surface area contributed by atoms with Gasteiger partial charge in [-0.05, 0) is 55.4 Å². The molecule has 3 aromatic rings. The highest BCUT2D eigenvalue weighted by Crippen LogP contribution is 2.44. The molecule has 9 heteroatoms. The third kappa shape index (κ3) is 4.27. The van der Waals surface area contributed by atoms with E-state index in [2.05, 4.69) is 15.8 Å². The molecule has 0 aliphatic heterocycles. The van der Waals surface area contributed by atoms with Crippen molar-refractivity contribution in [3.8, 4) is 23.2 Å². The van der Waals surface area contributed by atoms with E-state index in [0.29, 0.717) is 29.9 Å². The Labute approximate surface area is 205 Å². The third-order valence-corrected chi connectivity index (χ3v) is 8.97. The number of carbonyl (C=O) groups is 1. The number of aromatic nitrogens is 2. The Morgan fingerprint density at radius 2 is 1.91 bits per heavy atom. The van der Waals surface area contributed by atoms with Crippen molar-refractivity contribution >= 4 is 26.8 Å². The number of fused-ring (bicyclic) bond motifs is 1. The van der Waals surface area contributed by atoms with E-state index in [1.165, 1.54) is 19.1 Å². The lowest BCUT2D eigenvalue weighted by atomic mass is 9.82. The van der Waals surface area contributed by atoms with E-state index in [0.717, 1.165) is 47.8 Å². The van der Waals surface area contributed by atoms with E-state index in [9.17, 15) is 18.5 Å². The minimum Gasteiger partial charge on any atom is -0.480 e. The summed E-state index contributed by atoms with van der Waals surface area (Å²) in [6.45, 7) is 0. The normalized spacial score (nSPS) is 16.7. The molecule has 1 amide bonds. The van der Waals surface area contributed by atoms with Gasteiger partial charge in [-0.25, -0.2) is 18.1 Å².